The molecule has 2 atom stereocenters. The Hall–Kier alpha value is -2.05. The van der Waals surface area contributed by atoms with Crippen LogP contribution >= 0.6 is 23.2 Å². The van der Waals surface area contributed by atoms with E-state index in [0.717, 1.165) is 0 Å². The first-order valence-electron chi connectivity index (χ1n) is 6.94. The van der Waals surface area contributed by atoms with Crippen LogP contribution in [0.15, 0.2) is 53.4 Å². The lowest BCUT2D eigenvalue weighted by Gasteiger charge is -2.04. The zero-order valence-electron chi connectivity index (χ0n) is 12.1. The van der Waals surface area contributed by atoms with Crippen LogP contribution in [0.3, 0.4) is 0 Å². The van der Waals surface area contributed by atoms with Crippen molar-refractivity contribution in [1.82, 2.24) is 0 Å². The first-order valence-corrected chi connectivity index (χ1v) is 9.24. The number of nitrogens with zero attached hydrogens (tertiary/aromatic N) is 2. The third kappa shape index (κ3) is 2.46. The van der Waals surface area contributed by atoms with Gasteiger partial charge in [0, 0.05) is 16.0 Å². The summed E-state index contributed by atoms with van der Waals surface area (Å²) < 4.78 is 25.9. The van der Waals surface area contributed by atoms with Gasteiger partial charge < -0.3 is 0 Å². The third-order valence-corrected chi connectivity index (χ3v) is 6.92. The molecule has 1 saturated carbocycles. The van der Waals surface area contributed by atoms with Gasteiger partial charge in [-0.2, -0.15) is 10.5 Å². The van der Waals surface area contributed by atoms with Gasteiger partial charge in [0.05, 0.1) is 17.0 Å². The smallest absolute Gasteiger partial charge is 0.184 e. The summed E-state index contributed by atoms with van der Waals surface area (Å²) in [5, 5.41) is 18.7. The molecule has 0 spiro atoms. The predicted molar refractivity (Wildman–Crippen MR) is 90.3 cm³/mol. The number of sulfone groups is 1. The molecule has 0 saturated heterocycles. The van der Waals surface area contributed by atoms with Gasteiger partial charge in [0.2, 0.25) is 0 Å². The van der Waals surface area contributed by atoms with E-state index in [-0.39, 0.29) is 4.90 Å². The van der Waals surface area contributed by atoms with Gasteiger partial charge >= 0.3 is 0 Å². The molecule has 0 aromatic heterocycles. The van der Waals surface area contributed by atoms with Crippen molar-refractivity contribution < 1.29 is 8.42 Å². The van der Waals surface area contributed by atoms with E-state index in [1.54, 1.807) is 24.3 Å². The summed E-state index contributed by atoms with van der Waals surface area (Å²) in [5.41, 5.74) is -1.06. The number of hydrogen-bond donors (Lipinski definition) is 0. The highest BCUT2D eigenvalue weighted by Crippen LogP contribution is 2.63. The Morgan fingerprint density at radius 3 is 2.12 bits per heavy atom. The molecule has 4 nitrogen and oxygen atoms in total. The van der Waals surface area contributed by atoms with E-state index < -0.39 is 26.4 Å². The normalized spacial score (nSPS) is 21.5. The standard InChI is InChI=1S/C17H10Cl2N2O2S/c18-12-4-6-14(7-5-12)24(22,23)16-15(17(16,9-20)10-21)11-2-1-3-13(19)8-11/h1-8,15-16H. The van der Waals surface area contributed by atoms with E-state index >= 15 is 0 Å². The first kappa shape index (κ1) is 16.8. The van der Waals surface area contributed by atoms with Crippen molar-refractivity contribution in [1.29, 1.82) is 10.5 Å². The SMILES string of the molecule is N#CC1(C#N)C(c2cccc(Cl)c2)C1S(=O)(=O)c1ccc(Cl)cc1. The molecule has 0 radical (unpaired) electrons. The summed E-state index contributed by atoms with van der Waals surface area (Å²) in [5.74, 6) is -0.744. The number of rotatable bonds is 3. The molecule has 120 valence electrons. The van der Waals surface area contributed by atoms with Gasteiger partial charge in [-0.15, -0.1) is 0 Å². The minimum Gasteiger partial charge on any atom is -0.223 e. The van der Waals surface area contributed by atoms with Crippen LogP contribution < -0.4 is 0 Å². The van der Waals surface area contributed by atoms with E-state index in [4.69, 9.17) is 23.2 Å². The second-order valence-electron chi connectivity index (χ2n) is 5.54. The van der Waals surface area contributed by atoms with Crippen LogP contribution in [-0.4, -0.2) is 13.7 Å². The van der Waals surface area contributed by atoms with E-state index in [2.05, 4.69) is 0 Å². The molecule has 3 rings (SSSR count). The highest BCUT2D eigenvalue weighted by molar-refractivity contribution is 7.92. The fourth-order valence-electron chi connectivity index (χ4n) is 2.98. The number of halogens is 2. The maximum Gasteiger partial charge on any atom is 0.184 e. The second-order valence-corrected chi connectivity index (χ2v) is 8.49. The molecule has 0 N–H and O–H groups in total. The molecule has 1 fully saturated rings. The maximum atomic E-state index is 12.9. The van der Waals surface area contributed by atoms with Gasteiger partial charge in [-0.25, -0.2) is 8.42 Å². The van der Waals surface area contributed by atoms with Crippen molar-refractivity contribution in [2.45, 2.75) is 16.1 Å². The Balaban J connectivity index is 2.11. The zero-order valence-corrected chi connectivity index (χ0v) is 14.5. The topological polar surface area (TPSA) is 81.7 Å². The van der Waals surface area contributed by atoms with E-state index in [9.17, 15) is 18.9 Å². The Bertz CT molecular complexity index is 974. The highest BCUT2D eigenvalue weighted by Gasteiger charge is 2.73. The fraction of sp³-hybridized carbons (Fsp3) is 0.176. The van der Waals surface area contributed by atoms with Gasteiger partial charge in [-0.3, -0.25) is 0 Å². The van der Waals surface area contributed by atoms with Gasteiger partial charge in [-0.1, -0.05) is 35.3 Å². The Morgan fingerprint density at radius 1 is 0.958 bits per heavy atom. The molecule has 2 aromatic carbocycles. The zero-order chi connectivity index (χ0) is 17.5. The third-order valence-electron chi connectivity index (χ3n) is 4.19. The fourth-order valence-corrected chi connectivity index (χ4v) is 5.51. The molecule has 0 bridgehead atoms. The predicted octanol–water partition coefficient (Wildman–Crippen LogP) is 3.97. The van der Waals surface area contributed by atoms with Crippen molar-refractivity contribution in [3.8, 4) is 12.1 Å². The number of benzene rings is 2. The number of hydrogen-bond acceptors (Lipinski definition) is 4. The first-order chi connectivity index (χ1) is 11.4. The summed E-state index contributed by atoms with van der Waals surface area (Å²) in [6, 6.07) is 16.1. The molecule has 1 aliphatic rings. The van der Waals surface area contributed by atoms with E-state index in [1.165, 1.54) is 24.3 Å². The molecule has 1 aliphatic carbocycles. The molecule has 7 heteroatoms. The van der Waals surface area contributed by atoms with Gasteiger partial charge in [-0.05, 0) is 42.0 Å². The monoisotopic (exact) mass is 376 g/mol. The maximum absolute atomic E-state index is 12.9. The molecule has 2 aromatic rings. The van der Waals surface area contributed by atoms with Gasteiger partial charge in [0.1, 0.15) is 5.25 Å². The molecule has 2 unspecified atom stereocenters. The second kappa shape index (κ2) is 5.79. The summed E-state index contributed by atoms with van der Waals surface area (Å²) in [7, 11) is -3.87. The van der Waals surface area contributed by atoms with Crippen LogP contribution in [-0.2, 0) is 9.84 Å². The summed E-state index contributed by atoms with van der Waals surface area (Å²) >= 11 is 11.8. The quantitative estimate of drug-likeness (QED) is 0.811. The molecular weight excluding hydrogens is 367 g/mol. The Kier molecular flexibility index (Phi) is 4.05. The molecule has 24 heavy (non-hydrogen) atoms. The lowest BCUT2D eigenvalue weighted by atomic mass is 10.0. The summed E-state index contributed by atoms with van der Waals surface area (Å²) in [4.78, 5) is 0.0382. The lowest BCUT2D eigenvalue weighted by Crippen LogP contribution is -2.14. The minimum absolute atomic E-state index is 0.0382. The average molecular weight is 377 g/mol. The van der Waals surface area contributed by atoms with Crippen LogP contribution in [0.1, 0.15) is 11.5 Å². The van der Waals surface area contributed by atoms with Gasteiger partial charge in [0.25, 0.3) is 0 Å². The summed E-state index contributed by atoms with van der Waals surface area (Å²) in [6.45, 7) is 0. The van der Waals surface area contributed by atoms with E-state index in [0.29, 0.717) is 15.6 Å². The van der Waals surface area contributed by atoms with Crippen LogP contribution in [0.2, 0.25) is 10.0 Å². The molecule has 0 amide bonds. The van der Waals surface area contributed by atoms with Gasteiger partial charge in [0.15, 0.2) is 15.3 Å². The minimum atomic E-state index is -3.87. The Labute approximate surface area is 149 Å². The van der Waals surface area contributed by atoms with Crippen molar-refractivity contribution in [2.75, 3.05) is 0 Å². The van der Waals surface area contributed by atoms with Crippen LogP contribution in [0.25, 0.3) is 0 Å². The lowest BCUT2D eigenvalue weighted by molar-refractivity contribution is 0.591. The van der Waals surface area contributed by atoms with Crippen LogP contribution in [0.5, 0.6) is 0 Å². The van der Waals surface area contributed by atoms with E-state index in [1.807, 2.05) is 12.1 Å². The van der Waals surface area contributed by atoms with Crippen molar-refractivity contribution in [2.24, 2.45) is 5.41 Å². The highest BCUT2D eigenvalue weighted by atomic mass is 35.5. The van der Waals surface area contributed by atoms with Crippen molar-refractivity contribution in [3.05, 3.63) is 64.1 Å². The molecule has 0 heterocycles. The largest absolute Gasteiger partial charge is 0.223 e. The summed E-state index contributed by atoms with van der Waals surface area (Å²) in [6.07, 6.45) is 0. The number of nitriles is 2. The Morgan fingerprint density at radius 2 is 1.58 bits per heavy atom. The van der Waals surface area contributed by atoms with Crippen molar-refractivity contribution in [3.63, 3.8) is 0 Å². The molecule has 0 aliphatic heterocycles. The average Bonchev–Trinajstić information content (AvgIpc) is 3.26. The van der Waals surface area contributed by atoms with Crippen LogP contribution in [0.4, 0.5) is 0 Å². The van der Waals surface area contributed by atoms with Crippen LogP contribution in [0, 0.1) is 28.1 Å². The molecular formula is C17H10Cl2N2O2S. The van der Waals surface area contributed by atoms with Crippen molar-refractivity contribution >= 4 is 33.0 Å².